The van der Waals surface area contributed by atoms with Gasteiger partial charge in [0.25, 0.3) is 0 Å². The Morgan fingerprint density at radius 2 is 1.88 bits per heavy atom. The fourth-order valence-corrected chi connectivity index (χ4v) is 2.16. The second-order valence-electron chi connectivity index (χ2n) is 4.70. The third kappa shape index (κ3) is 2.41. The molecule has 0 aliphatic carbocycles. The zero-order chi connectivity index (χ0) is 12.4. The maximum absolute atomic E-state index is 11.9. The third-order valence-electron chi connectivity index (χ3n) is 3.45. The number of Topliss-reactive ketones (excluding diaryl/α,β-unsaturated/α-hetero) is 1. The van der Waals surface area contributed by atoms with E-state index in [1.54, 1.807) is 0 Å². The minimum absolute atomic E-state index is 0.144. The molecule has 1 aromatic rings. The molecule has 1 aliphatic rings. The largest absolute Gasteiger partial charge is 0.486 e. The van der Waals surface area contributed by atoms with Gasteiger partial charge in [0.1, 0.15) is 5.76 Å². The first-order chi connectivity index (χ1) is 8.09. The van der Waals surface area contributed by atoms with Gasteiger partial charge < -0.3 is 4.74 Å². The number of ether oxygens (including phenoxy) is 1. The minimum Gasteiger partial charge on any atom is -0.486 e. The number of allylic oxidation sites excluding steroid dienone is 1. The Labute approximate surface area is 102 Å². The van der Waals surface area contributed by atoms with Crippen LogP contribution in [0.2, 0.25) is 0 Å². The van der Waals surface area contributed by atoms with Gasteiger partial charge >= 0.3 is 0 Å². The van der Waals surface area contributed by atoms with E-state index in [0.29, 0.717) is 5.92 Å². The number of carbonyl (C=O) groups excluding carboxylic acids is 1. The summed E-state index contributed by atoms with van der Waals surface area (Å²) in [6.45, 7) is 5.83. The molecule has 1 heterocycles. The molecule has 1 aromatic carbocycles. The van der Waals surface area contributed by atoms with E-state index in [-0.39, 0.29) is 11.9 Å². The van der Waals surface area contributed by atoms with Crippen molar-refractivity contribution in [2.24, 2.45) is 0 Å². The molecule has 0 N–H and O–H groups in total. The van der Waals surface area contributed by atoms with E-state index in [9.17, 15) is 4.79 Å². The highest BCUT2D eigenvalue weighted by Crippen LogP contribution is 2.29. The lowest BCUT2D eigenvalue weighted by atomic mass is 9.93. The summed E-state index contributed by atoms with van der Waals surface area (Å²) in [7, 11) is 0. The lowest BCUT2D eigenvalue weighted by molar-refractivity contribution is -0.121. The molecule has 2 nitrogen and oxygen atoms in total. The molecule has 0 saturated heterocycles. The molecule has 0 saturated carbocycles. The van der Waals surface area contributed by atoms with Crippen LogP contribution < -0.4 is 0 Å². The highest BCUT2D eigenvalue weighted by molar-refractivity contribution is 6.00. The molecule has 0 bridgehead atoms. The van der Waals surface area contributed by atoms with Crippen LogP contribution in [0.25, 0.3) is 0 Å². The second kappa shape index (κ2) is 4.74. The van der Waals surface area contributed by atoms with Crippen molar-refractivity contribution < 1.29 is 9.53 Å². The van der Waals surface area contributed by atoms with E-state index >= 15 is 0 Å². The SMILES string of the molecule is CC1=C(C)C(=O)C(CC(C)c2ccccc2)O1. The average molecular weight is 230 g/mol. The normalized spacial score (nSPS) is 21.6. The second-order valence-corrected chi connectivity index (χ2v) is 4.70. The van der Waals surface area contributed by atoms with Crippen LogP contribution >= 0.6 is 0 Å². The molecule has 0 amide bonds. The van der Waals surface area contributed by atoms with Gasteiger partial charge in [-0.2, -0.15) is 0 Å². The Morgan fingerprint density at radius 3 is 2.41 bits per heavy atom. The molecule has 2 rings (SSSR count). The molecule has 0 radical (unpaired) electrons. The zero-order valence-electron chi connectivity index (χ0n) is 10.6. The van der Waals surface area contributed by atoms with Gasteiger partial charge in [-0.15, -0.1) is 0 Å². The first kappa shape index (κ1) is 11.9. The van der Waals surface area contributed by atoms with Crippen LogP contribution in [0.15, 0.2) is 41.7 Å². The predicted octanol–water partition coefficient (Wildman–Crippen LogP) is 3.44. The Kier molecular flexibility index (Phi) is 3.32. The Bertz CT molecular complexity index is 445. The number of benzene rings is 1. The molecule has 2 heteroatoms. The summed E-state index contributed by atoms with van der Waals surface area (Å²) in [6.07, 6.45) is 0.461. The van der Waals surface area contributed by atoms with Crippen molar-refractivity contribution in [2.75, 3.05) is 0 Å². The number of ketones is 1. The number of hydrogen-bond acceptors (Lipinski definition) is 2. The van der Waals surface area contributed by atoms with E-state index < -0.39 is 0 Å². The molecule has 0 spiro atoms. The smallest absolute Gasteiger partial charge is 0.202 e. The molecule has 0 fully saturated rings. The summed E-state index contributed by atoms with van der Waals surface area (Å²) in [5.74, 6) is 1.26. The van der Waals surface area contributed by atoms with Gasteiger partial charge in [0.2, 0.25) is 5.78 Å². The van der Waals surface area contributed by atoms with Gasteiger partial charge in [-0.3, -0.25) is 4.79 Å². The van der Waals surface area contributed by atoms with Crippen LogP contribution in [0.3, 0.4) is 0 Å². The van der Waals surface area contributed by atoms with Crippen LogP contribution in [-0.4, -0.2) is 11.9 Å². The van der Waals surface area contributed by atoms with E-state index in [0.717, 1.165) is 17.8 Å². The topological polar surface area (TPSA) is 26.3 Å². The van der Waals surface area contributed by atoms with Gasteiger partial charge in [0.15, 0.2) is 6.10 Å². The molecule has 1 aliphatic heterocycles. The Balaban J connectivity index is 2.02. The summed E-state index contributed by atoms with van der Waals surface area (Å²) >= 11 is 0. The summed E-state index contributed by atoms with van der Waals surface area (Å²) < 4.78 is 5.61. The lowest BCUT2D eigenvalue weighted by Gasteiger charge is -2.16. The van der Waals surface area contributed by atoms with E-state index in [1.807, 2.05) is 32.0 Å². The van der Waals surface area contributed by atoms with Crippen LogP contribution in [0, 0.1) is 0 Å². The van der Waals surface area contributed by atoms with Crippen LogP contribution in [0.5, 0.6) is 0 Å². The number of rotatable bonds is 3. The maximum atomic E-state index is 11.9. The van der Waals surface area contributed by atoms with Gasteiger partial charge in [-0.25, -0.2) is 0 Å². The predicted molar refractivity (Wildman–Crippen MR) is 67.7 cm³/mol. The summed E-state index contributed by atoms with van der Waals surface area (Å²) in [5, 5.41) is 0. The Hall–Kier alpha value is -1.57. The molecule has 90 valence electrons. The van der Waals surface area contributed by atoms with Crippen LogP contribution in [-0.2, 0) is 9.53 Å². The summed E-state index contributed by atoms with van der Waals surface area (Å²) in [5.41, 5.74) is 2.03. The number of hydrogen-bond donors (Lipinski definition) is 0. The van der Waals surface area contributed by atoms with Crippen molar-refractivity contribution in [2.45, 2.75) is 39.2 Å². The highest BCUT2D eigenvalue weighted by atomic mass is 16.5. The molecular weight excluding hydrogens is 212 g/mol. The highest BCUT2D eigenvalue weighted by Gasteiger charge is 2.31. The maximum Gasteiger partial charge on any atom is 0.202 e. The van der Waals surface area contributed by atoms with Crippen molar-refractivity contribution in [3.8, 4) is 0 Å². The fraction of sp³-hybridized carbons (Fsp3) is 0.400. The van der Waals surface area contributed by atoms with E-state index in [1.165, 1.54) is 5.56 Å². The lowest BCUT2D eigenvalue weighted by Crippen LogP contribution is -2.20. The van der Waals surface area contributed by atoms with E-state index in [4.69, 9.17) is 4.74 Å². The molecule has 2 unspecified atom stereocenters. The number of carbonyl (C=O) groups is 1. The molecular formula is C15H18O2. The standard InChI is InChI=1S/C15H18O2/c1-10(13-7-5-4-6-8-13)9-14-15(16)11(2)12(3)17-14/h4-8,10,14H,9H2,1-3H3. The average Bonchev–Trinajstić information content (AvgIpc) is 2.58. The van der Waals surface area contributed by atoms with Crippen molar-refractivity contribution >= 4 is 5.78 Å². The van der Waals surface area contributed by atoms with Gasteiger partial charge in [0, 0.05) is 5.57 Å². The minimum atomic E-state index is -0.287. The van der Waals surface area contributed by atoms with Crippen LogP contribution in [0.4, 0.5) is 0 Å². The first-order valence-electron chi connectivity index (χ1n) is 6.03. The first-order valence-corrected chi connectivity index (χ1v) is 6.03. The quantitative estimate of drug-likeness (QED) is 0.795. The third-order valence-corrected chi connectivity index (χ3v) is 3.45. The summed E-state index contributed by atoms with van der Waals surface area (Å²) in [4.78, 5) is 11.9. The van der Waals surface area contributed by atoms with E-state index in [2.05, 4.69) is 19.1 Å². The fourth-order valence-electron chi connectivity index (χ4n) is 2.16. The molecule has 0 aromatic heterocycles. The molecule has 17 heavy (non-hydrogen) atoms. The van der Waals surface area contributed by atoms with Crippen molar-refractivity contribution in [3.63, 3.8) is 0 Å². The van der Waals surface area contributed by atoms with Crippen LogP contribution in [0.1, 0.15) is 38.7 Å². The summed E-state index contributed by atoms with van der Waals surface area (Å²) in [6, 6.07) is 10.2. The van der Waals surface area contributed by atoms with Gasteiger partial charge in [0.05, 0.1) is 0 Å². The monoisotopic (exact) mass is 230 g/mol. The van der Waals surface area contributed by atoms with Crippen molar-refractivity contribution in [1.82, 2.24) is 0 Å². The Morgan fingerprint density at radius 1 is 1.24 bits per heavy atom. The van der Waals surface area contributed by atoms with Gasteiger partial charge in [-0.1, -0.05) is 37.3 Å². The van der Waals surface area contributed by atoms with Crippen molar-refractivity contribution in [1.29, 1.82) is 0 Å². The van der Waals surface area contributed by atoms with Gasteiger partial charge in [-0.05, 0) is 31.7 Å². The zero-order valence-corrected chi connectivity index (χ0v) is 10.6. The molecule has 2 atom stereocenters. The van der Waals surface area contributed by atoms with Crippen molar-refractivity contribution in [3.05, 3.63) is 47.2 Å².